The highest BCUT2D eigenvalue weighted by atomic mass is 32.2. The van der Waals surface area contributed by atoms with E-state index in [4.69, 9.17) is 9.88 Å². The zero-order valence-corrected chi connectivity index (χ0v) is 12.7. The van der Waals surface area contributed by atoms with Crippen molar-refractivity contribution in [3.8, 4) is 5.75 Å². The first kappa shape index (κ1) is 16.5. The van der Waals surface area contributed by atoms with E-state index < -0.39 is 10.0 Å². The molecule has 0 spiro atoms. The molecule has 1 rings (SSSR count). The molecule has 0 aliphatic carbocycles. The fourth-order valence-electron chi connectivity index (χ4n) is 1.67. The van der Waals surface area contributed by atoms with Gasteiger partial charge in [0.25, 0.3) is 0 Å². The van der Waals surface area contributed by atoms with E-state index in [2.05, 4.69) is 5.32 Å². The third kappa shape index (κ3) is 4.82. The van der Waals surface area contributed by atoms with Gasteiger partial charge in [-0.1, -0.05) is 13.8 Å². The lowest BCUT2D eigenvalue weighted by molar-refractivity contribution is -0.116. The summed E-state index contributed by atoms with van der Waals surface area (Å²) in [6.07, 6.45) is 0.359. The van der Waals surface area contributed by atoms with Gasteiger partial charge in [-0.15, -0.1) is 0 Å². The molecule has 1 aromatic rings. The van der Waals surface area contributed by atoms with Crippen LogP contribution in [0.5, 0.6) is 5.75 Å². The number of hydrogen-bond donors (Lipinski definition) is 2. The zero-order valence-electron chi connectivity index (χ0n) is 11.8. The normalized spacial score (nSPS) is 11.4. The Morgan fingerprint density at radius 3 is 2.55 bits per heavy atom. The SMILES string of the molecule is CCOc1ccc(NC(=O)CC(C)C)cc1S(N)(=O)=O. The maximum atomic E-state index is 11.7. The number of benzene rings is 1. The monoisotopic (exact) mass is 300 g/mol. The van der Waals surface area contributed by atoms with Crippen molar-refractivity contribution < 1.29 is 17.9 Å². The summed E-state index contributed by atoms with van der Waals surface area (Å²) in [5.74, 6) is 0.219. The van der Waals surface area contributed by atoms with E-state index in [1.807, 2.05) is 13.8 Å². The first-order valence-corrected chi connectivity index (χ1v) is 7.88. The molecule has 0 saturated heterocycles. The van der Waals surface area contributed by atoms with Crippen LogP contribution in [-0.2, 0) is 14.8 Å². The molecule has 0 bridgehead atoms. The number of rotatable bonds is 6. The number of ether oxygens (including phenoxy) is 1. The molecule has 0 atom stereocenters. The number of primary sulfonamides is 1. The highest BCUT2D eigenvalue weighted by molar-refractivity contribution is 7.89. The van der Waals surface area contributed by atoms with E-state index in [0.29, 0.717) is 18.7 Å². The van der Waals surface area contributed by atoms with Crippen molar-refractivity contribution in [2.24, 2.45) is 11.1 Å². The van der Waals surface area contributed by atoms with Crippen LogP contribution in [0.25, 0.3) is 0 Å². The number of nitrogens with two attached hydrogens (primary N) is 1. The molecule has 0 radical (unpaired) electrons. The lowest BCUT2D eigenvalue weighted by Crippen LogP contribution is -2.17. The summed E-state index contributed by atoms with van der Waals surface area (Å²) < 4.78 is 28.3. The molecule has 6 nitrogen and oxygen atoms in total. The second-order valence-electron chi connectivity index (χ2n) is 4.79. The summed E-state index contributed by atoms with van der Waals surface area (Å²) >= 11 is 0. The summed E-state index contributed by atoms with van der Waals surface area (Å²) in [4.78, 5) is 11.5. The number of hydrogen-bond acceptors (Lipinski definition) is 4. The maximum Gasteiger partial charge on any atom is 0.241 e. The van der Waals surface area contributed by atoms with Gasteiger partial charge < -0.3 is 10.1 Å². The van der Waals surface area contributed by atoms with Crippen LogP contribution >= 0.6 is 0 Å². The maximum absolute atomic E-state index is 11.7. The van der Waals surface area contributed by atoms with Crippen molar-refractivity contribution in [1.29, 1.82) is 0 Å². The Hall–Kier alpha value is -1.60. The Morgan fingerprint density at radius 1 is 1.40 bits per heavy atom. The predicted octanol–water partition coefficient (Wildman–Crippen LogP) is 1.72. The highest BCUT2D eigenvalue weighted by Gasteiger charge is 2.17. The van der Waals surface area contributed by atoms with Gasteiger partial charge in [-0.25, -0.2) is 13.6 Å². The first-order valence-electron chi connectivity index (χ1n) is 6.33. The van der Waals surface area contributed by atoms with E-state index in [-0.39, 0.29) is 22.5 Å². The Kier molecular flexibility index (Phi) is 5.52. The van der Waals surface area contributed by atoms with Crippen LogP contribution in [0.3, 0.4) is 0 Å². The average Bonchev–Trinajstić information content (AvgIpc) is 2.28. The van der Waals surface area contributed by atoms with Gasteiger partial charge in [-0.2, -0.15) is 0 Å². The molecule has 0 saturated carbocycles. The third-order valence-electron chi connectivity index (χ3n) is 2.43. The van der Waals surface area contributed by atoms with Gasteiger partial charge in [0.05, 0.1) is 6.61 Å². The molecule has 0 aromatic heterocycles. The quantitative estimate of drug-likeness (QED) is 0.835. The number of amides is 1. The Bertz CT molecular complexity index is 582. The van der Waals surface area contributed by atoms with E-state index in [9.17, 15) is 13.2 Å². The lowest BCUT2D eigenvalue weighted by Gasteiger charge is -2.12. The molecule has 0 aliphatic rings. The standard InChI is InChI=1S/C13H20N2O4S/c1-4-19-11-6-5-10(8-12(11)20(14,17)18)15-13(16)7-9(2)3/h5-6,8-9H,4,7H2,1-3H3,(H,15,16)(H2,14,17,18). The van der Waals surface area contributed by atoms with Crippen LogP contribution in [0.4, 0.5) is 5.69 Å². The fraction of sp³-hybridized carbons (Fsp3) is 0.462. The second kappa shape index (κ2) is 6.71. The van der Waals surface area contributed by atoms with Crippen molar-refractivity contribution in [3.05, 3.63) is 18.2 Å². The molecule has 7 heteroatoms. The number of sulfonamides is 1. The van der Waals surface area contributed by atoms with E-state index in [0.717, 1.165) is 0 Å². The van der Waals surface area contributed by atoms with E-state index in [1.54, 1.807) is 13.0 Å². The van der Waals surface area contributed by atoms with Gasteiger partial charge in [0, 0.05) is 12.1 Å². The number of carbonyl (C=O) groups is 1. The van der Waals surface area contributed by atoms with Crippen molar-refractivity contribution in [1.82, 2.24) is 0 Å². The van der Waals surface area contributed by atoms with Crippen molar-refractivity contribution >= 4 is 21.6 Å². The molecule has 0 unspecified atom stereocenters. The molecular formula is C13H20N2O4S. The minimum Gasteiger partial charge on any atom is -0.492 e. The molecule has 0 heterocycles. The minimum absolute atomic E-state index is 0.137. The summed E-state index contributed by atoms with van der Waals surface area (Å²) in [6.45, 7) is 5.91. The van der Waals surface area contributed by atoms with Gasteiger partial charge in [-0.05, 0) is 31.0 Å². The van der Waals surface area contributed by atoms with Crippen LogP contribution in [0, 0.1) is 5.92 Å². The fourth-order valence-corrected chi connectivity index (χ4v) is 2.36. The second-order valence-corrected chi connectivity index (χ2v) is 6.32. The van der Waals surface area contributed by atoms with Gasteiger partial charge in [-0.3, -0.25) is 4.79 Å². The van der Waals surface area contributed by atoms with Crippen LogP contribution in [0.2, 0.25) is 0 Å². The highest BCUT2D eigenvalue weighted by Crippen LogP contribution is 2.26. The molecule has 1 aromatic carbocycles. The summed E-state index contributed by atoms with van der Waals surface area (Å²) in [7, 11) is -3.91. The first-order chi connectivity index (χ1) is 9.24. The number of anilines is 1. The summed E-state index contributed by atoms with van der Waals surface area (Å²) in [5.41, 5.74) is 0.378. The van der Waals surface area contributed by atoms with Gasteiger partial charge >= 0.3 is 0 Å². The molecular weight excluding hydrogens is 280 g/mol. The number of nitrogens with one attached hydrogen (secondary N) is 1. The molecule has 0 fully saturated rings. The van der Waals surface area contributed by atoms with Gasteiger partial charge in [0.15, 0.2) is 0 Å². The van der Waals surface area contributed by atoms with E-state index >= 15 is 0 Å². The Morgan fingerprint density at radius 2 is 2.05 bits per heavy atom. The van der Waals surface area contributed by atoms with E-state index in [1.165, 1.54) is 12.1 Å². The van der Waals surface area contributed by atoms with Crippen LogP contribution in [-0.4, -0.2) is 20.9 Å². The smallest absolute Gasteiger partial charge is 0.241 e. The van der Waals surface area contributed by atoms with Crippen molar-refractivity contribution in [2.75, 3.05) is 11.9 Å². The average molecular weight is 300 g/mol. The minimum atomic E-state index is -3.91. The largest absolute Gasteiger partial charge is 0.492 e. The molecule has 112 valence electrons. The summed E-state index contributed by atoms with van der Waals surface area (Å²) in [5, 5.41) is 7.79. The van der Waals surface area contributed by atoms with Crippen molar-refractivity contribution in [2.45, 2.75) is 32.1 Å². The molecule has 1 amide bonds. The topological polar surface area (TPSA) is 98.5 Å². The van der Waals surface area contributed by atoms with Crippen molar-refractivity contribution in [3.63, 3.8) is 0 Å². The predicted molar refractivity (Wildman–Crippen MR) is 77.1 cm³/mol. The summed E-state index contributed by atoms with van der Waals surface area (Å²) in [6, 6.07) is 4.37. The molecule has 0 aliphatic heterocycles. The lowest BCUT2D eigenvalue weighted by atomic mass is 10.1. The Labute approximate surface area is 119 Å². The molecule has 3 N–H and O–H groups in total. The van der Waals surface area contributed by atoms with Crippen LogP contribution in [0.15, 0.2) is 23.1 Å². The van der Waals surface area contributed by atoms with Crippen LogP contribution in [0.1, 0.15) is 27.2 Å². The number of carbonyl (C=O) groups excluding carboxylic acids is 1. The van der Waals surface area contributed by atoms with Gasteiger partial charge in [0.2, 0.25) is 15.9 Å². The third-order valence-corrected chi connectivity index (χ3v) is 3.36. The molecule has 20 heavy (non-hydrogen) atoms. The zero-order chi connectivity index (χ0) is 15.3. The Balaban J connectivity index is 3.04. The van der Waals surface area contributed by atoms with Gasteiger partial charge in [0.1, 0.15) is 10.6 Å². The van der Waals surface area contributed by atoms with Crippen LogP contribution < -0.4 is 15.2 Å².